The smallest absolute Gasteiger partial charge is 0.141 e. The third-order valence-corrected chi connectivity index (χ3v) is 5.54. The van der Waals surface area contributed by atoms with E-state index >= 15 is 0 Å². The van der Waals surface area contributed by atoms with Crippen LogP contribution in [0.4, 0.5) is 16.0 Å². The molecule has 0 aliphatic heterocycles. The fourth-order valence-corrected chi connectivity index (χ4v) is 3.82. The normalized spacial score (nSPS) is 18.8. The van der Waals surface area contributed by atoms with Gasteiger partial charge in [0.2, 0.25) is 0 Å². The number of halogens is 2. The van der Waals surface area contributed by atoms with E-state index in [1.165, 1.54) is 12.3 Å². The molecule has 0 amide bonds. The Morgan fingerprint density at radius 3 is 2.70 bits per heavy atom. The van der Waals surface area contributed by atoms with E-state index in [4.69, 9.17) is 17.3 Å². The standard InChI is InChI=1S/C22H24ClFN6/c23-19-13-28-22(29-17-6-4-16(25)5-7-17)9-18(19)20-2-1-3-21(30-20)27-11-14-8-15(24)12-26-10-14/h1-3,8-10,12-13,16-17H,4-7,11,25H2,(H,27,30)(H,28,29)/t16-,17-. The Bertz CT molecular complexity index is 1010. The van der Waals surface area contributed by atoms with Crippen LogP contribution in [0.3, 0.4) is 0 Å². The number of rotatable bonds is 6. The van der Waals surface area contributed by atoms with Crippen molar-refractivity contribution in [2.75, 3.05) is 10.6 Å². The highest BCUT2D eigenvalue weighted by molar-refractivity contribution is 6.33. The molecule has 4 rings (SSSR count). The SMILES string of the molecule is N[C@H]1CC[C@H](Nc2cc(-c3cccc(NCc4cncc(F)c4)n3)c(Cl)cn2)CC1. The molecule has 1 aliphatic carbocycles. The number of hydrogen-bond acceptors (Lipinski definition) is 6. The molecule has 0 atom stereocenters. The zero-order valence-corrected chi connectivity index (χ0v) is 17.2. The predicted octanol–water partition coefficient (Wildman–Crippen LogP) is 4.63. The van der Waals surface area contributed by atoms with Gasteiger partial charge in [0, 0.05) is 36.6 Å². The summed E-state index contributed by atoms with van der Waals surface area (Å²) < 4.78 is 13.3. The van der Waals surface area contributed by atoms with Crippen molar-refractivity contribution in [3.8, 4) is 11.3 Å². The lowest BCUT2D eigenvalue weighted by molar-refractivity contribution is 0.410. The van der Waals surface area contributed by atoms with Gasteiger partial charge in [-0.3, -0.25) is 4.98 Å². The topological polar surface area (TPSA) is 88.8 Å². The van der Waals surface area contributed by atoms with Crippen LogP contribution in [0.1, 0.15) is 31.2 Å². The third-order valence-electron chi connectivity index (χ3n) is 5.24. The molecule has 0 aromatic carbocycles. The van der Waals surface area contributed by atoms with Crippen molar-refractivity contribution >= 4 is 23.2 Å². The molecule has 1 fully saturated rings. The highest BCUT2D eigenvalue weighted by Gasteiger charge is 2.19. The lowest BCUT2D eigenvalue weighted by Gasteiger charge is -2.27. The van der Waals surface area contributed by atoms with Gasteiger partial charge in [-0.05, 0) is 55.5 Å². The maximum Gasteiger partial charge on any atom is 0.141 e. The summed E-state index contributed by atoms with van der Waals surface area (Å²) in [6.07, 6.45) is 8.56. The van der Waals surface area contributed by atoms with Gasteiger partial charge in [0.25, 0.3) is 0 Å². The highest BCUT2D eigenvalue weighted by atomic mass is 35.5. The minimum absolute atomic E-state index is 0.305. The molecule has 3 aromatic heterocycles. The molecule has 1 saturated carbocycles. The monoisotopic (exact) mass is 426 g/mol. The van der Waals surface area contributed by atoms with Crippen LogP contribution in [0.2, 0.25) is 5.02 Å². The van der Waals surface area contributed by atoms with E-state index in [0.29, 0.717) is 29.5 Å². The summed E-state index contributed by atoms with van der Waals surface area (Å²) in [5, 5.41) is 7.23. The summed E-state index contributed by atoms with van der Waals surface area (Å²) in [6.45, 7) is 0.419. The average molecular weight is 427 g/mol. The maximum atomic E-state index is 13.3. The Kier molecular flexibility index (Phi) is 6.40. The van der Waals surface area contributed by atoms with E-state index in [1.54, 1.807) is 12.4 Å². The minimum Gasteiger partial charge on any atom is -0.367 e. The van der Waals surface area contributed by atoms with Gasteiger partial charge in [-0.15, -0.1) is 0 Å². The summed E-state index contributed by atoms with van der Waals surface area (Å²) >= 11 is 6.42. The first-order chi connectivity index (χ1) is 14.6. The zero-order chi connectivity index (χ0) is 20.9. The van der Waals surface area contributed by atoms with E-state index in [-0.39, 0.29) is 5.82 Å². The van der Waals surface area contributed by atoms with Crippen molar-refractivity contribution in [3.05, 3.63) is 65.3 Å². The second kappa shape index (κ2) is 9.36. The number of hydrogen-bond donors (Lipinski definition) is 3. The number of aromatic nitrogens is 3. The first kappa shape index (κ1) is 20.5. The van der Waals surface area contributed by atoms with Gasteiger partial charge in [0.15, 0.2) is 0 Å². The van der Waals surface area contributed by atoms with Crippen molar-refractivity contribution in [1.29, 1.82) is 0 Å². The lowest BCUT2D eigenvalue weighted by Crippen LogP contribution is -2.33. The van der Waals surface area contributed by atoms with Crippen molar-refractivity contribution in [2.24, 2.45) is 5.73 Å². The summed E-state index contributed by atoms with van der Waals surface area (Å²) in [5.74, 6) is 1.08. The summed E-state index contributed by atoms with van der Waals surface area (Å²) in [4.78, 5) is 12.9. The number of anilines is 2. The molecule has 0 spiro atoms. The highest BCUT2D eigenvalue weighted by Crippen LogP contribution is 2.30. The quantitative estimate of drug-likeness (QED) is 0.532. The fraction of sp³-hybridized carbons (Fsp3) is 0.318. The van der Waals surface area contributed by atoms with Gasteiger partial charge in [0.05, 0.1) is 16.9 Å². The fourth-order valence-electron chi connectivity index (χ4n) is 3.61. The Balaban J connectivity index is 1.48. The molecule has 156 valence electrons. The third kappa shape index (κ3) is 5.23. The molecule has 3 heterocycles. The summed E-state index contributed by atoms with van der Waals surface area (Å²) in [5.41, 5.74) is 8.27. The van der Waals surface area contributed by atoms with E-state index in [2.05, 4.69) is 25.6 Å². The molecule has 3 aromatic rings. The molecule has 0 unspecified atom stereocenters. The molecule has 30 heavy (non-hydrogen) atoms. The average Bonchev–Trinajstić information content (AvgIpc) is 2.75. The number of pyridine rings is 3. The first-order valence-corrected chi connectivity index (χ1v) is 10.4. The van der Waals surface area contributed by atoms with Gasteiger partial charge in [0.1, 0.15) is 17.5 Å². The van der Waals surface area contributed by atoms with Crippen molar-refractivity contribution in [3.63, 3.8) is 0 Å². The summed E-state index contributed by atoms with van der Waals surface area (Å²) in [6, 6.07) is 9.71. The van der Waals surface area contributed by atoms with Crippen molar-refractivity contribution in [2.45, 2.75) is 44.3 Å². The van der Waals surface area contributed by atoms with Crippen LogP contribution in [0.25, 0.3) is 11.3 Å². The van der Waals surface area contributed by atoms with Crippen LogP contribution in [-0.4, -0.2) is 27.0 Å². The van der Waals surface area contributed by atoms with Gasteiger partial charge < -0.3 is 16.4 Å². The van der Waals surface area contributed by atoms with Crippen LogP contribution in [0, 0.1) is 5.82 Å². The van der Waals surface area contributed by atoms with Crippen molar-refractivity contribution in [1.82, 2.24) is 15.0 Å². The predicted molar refractivity (Wildman–Crippen MR) is 118 cm³/mol. The van der Waals surface area contributed by atoms with Crippen LogP contribution < -0.4 is 16.4 Å². The van der Waals surface area contributed by atoms with Crippen LogP contribution in [0.15, 0.2) is 48.9 Å². The molecular formula is C22H24ClFN6. The Hall–Kier alpha value is -2.77. The van der Waals surface area contributed by atoms with Crippen molar-refractivity contribution < 1.29 is 4.39 Å². The zero-order valence-electron chi connectivity index (χ0n) is 16.5. The van der Waals surface area contributed by atoms with Crippen LogP contribution in [0.5, 0.6) is 0 Å². The van der Waals surface area contributed by atoms with E-state index in [0.717, 1.165) is 48.3 Å². The molecule has 6 nitrogen and oxygen atoms in total. The molecular weight excluding hydrogens is 403 g/mol. The Morgan fingerprint density at radius 2 is 1.90 bits per heavy atom. The molecule has 1 aliphatic rings. The van der Waals surface area contributed by atoms with E-state index < -0.39 is 0 Å². The summed E-state index contributed by atoms with van der Waals surface area (Å²) in [7, 11) is 0. The number of nitrogens with zero attached hydrogens (tertiary/aromatic N) is 3. The second-order valence-electron chi connectivity index (χ2n) is 7.58. The number of nitrogens with two attached hydrogens (primary N) is 1. The molecule has 8 heteroatoms. The van der Waals surface area contributed by atoms with E-state index in [1.807, 2.05) is 24.3 Å². The Morgan fingerprint density at radius 1 is 1.07 bits per heavy atom. The molecule has 0 bridgehead atoms. The van der Waals surface area contributed by atoms with Gasteiger partial charge in [-0.1, -0.05) is 17.7 Å². The van der Waals surface area contributed by atoms with Gasteiger partial charge in [-0.2, -0.15) is 0 Å². The van der Waals surface area contributed by atoms with Gasteiger partial charge in [-0.25, -0.2) is 14.4 Å². The largest absolute Gasteiger partial charge is 0.367 e. The minimum atomic E-state index is -0.362. The van der Waals surface area contributed by atoms with Crippen LogP contribution in [-0.2, 0) is 6.54 Å². The van der Waals surface area contributed by atoms with E-state index in [9.17, 15) is 4.39 Å². The first-order valence-electron chi connectivity index (χ1n) is 10.1. The molecule has 4 N–H and O–H groups in total. The molecule has 0 radical (unpaired) electrons. The lowest BCUT2D eigenvalue weighted by atomic mass is 9.92. The Labute approximate surface area is 180 Å². The number of nitrogens with one attached hydrogen (secondary N) is 2. The molecule has 0 saturated heterocycles. The van der Waals surface area contributed by atoms with Crippen LogP contribution >= 0.6 is 11.6 Å². The van der Waals surface area contributed by atoms with Gasteiger partial charge >= 0.3 is 0 Å². The second-order valence-corrected chi connectivity index (χ2v) is 7.99. The maximum absolute atomic E-state index is 13.3.